The van der Waals surface area contributed by atoms with Crippen LogP contribution < -0.4 is 5.73 Å². The SMILES string of the molecule is CO[SiH3].C[Si](C)(C)CCCN. The minimum atomic E-state index is -0.758. The molecule has 0 heterocycles. The lowest BCUT2D eigenvalue weighted by Crippen LogP contribution is -2.20. The quantitative estimate of drug-likeness (QED) is 0.666. The van der Waals surface area contributed by atoms with Crippen molar-refractivity contribution in [1.82, 2.24) is 0 Å². The summed E-state index contributed by atoms with van der Waals surface area (Å²) < 4.78 is 4.39. The van der Waals surface area contributed by atoms with Gasteiger partial charge in [-0.25, -0.2) is 0 Å². The van der Waals surface area contributed by atoms with Crippen LogP contribution in [0, 0.1) is 0 Å². The summed E-state index contributed by atoms with van der Waals surface area (Å²) in [5.41, 5.74) is 5.36. The fraction of sp³-hybridized carbons (Fsp3) is 1.00. The second-order valence-corrected chi connectivity index (χ2v) is 10.3. The van der Waals surface area contributed by atoms with Gasteiger partial charge in [0.05, 0.1) is 0 Å². The second-order valence-electron chi connectivity index (χ2n) is 3.86. The molecule has 0 radical (unpaired) electrons. The molecular formula is C7H23NOSi2. The van der Waals surface area contributed by atoms with E-state index >= 15 is 0 Å². The number of rotatable bonds is 3. The van der Waals surface area contributed by atoms with Crippen molar-refractivity contribution in [3.8, 4) is 0 Å². The molecule has 2 nitrogen and oxygen atoms in total. The Hall–Kier alpha value is 0.354. The highest BCUT2D eigenvalue weighted by Gasteiger charge is 2.10. The molecule has 0 bridgehead atoms. The summed E-state index contributed by atoms with van der Waals surface area (Å²) in [6, 6.07) is 1.38. The van der Waals surface area contributed by atoms with E-state index in [4.69, 9.17) is 5.73 Å². The van der Waals surface area contributed by atoms with Gasteiger partial charge in [-0.15, -0.1) is 0 Å². The van der Waals surface area contributed by atoms with Gasteiger partial charge in [0.15, 0.2) is 0 Å². The van der Waals surface area contributed by atoms with Crippen molar-refractivity contribution < 1.29 is 4.43 Å². The zero-order valence-electron chi connectivity index (χ0n) is 8.61. The number of hydrogen-bond donors (Lipinski definition) is 1. The molecule has 0 unspecified atom stereocenters. The Kier molecular flexibility index (Phi) is 10.7. The molecule has 2 N–H and O–H groups in total. The topological polar surface area (TPSA) is 35.2 Å². The van der Waals surface area contributed by atoms with E-state index in [1.165, 1.54) is 12.5 Å². The molecule has 0 aromatic carbocycles. The van der Waals surface area contributed by atoms with Gasteiger partial charge in [0.2, 0.25) is 0 Å². The maximum absolute atomic E-state index is 5.36. The predicted octanol–water partition coefficient (Wildman–Crippen LogP) is 0.587. The Labute approximate surface area is 75.1 Å². The van der Waals surface area contributed by atoms with Gasteiger partial charge >= 0.3 is 0 Å². The van der Waals surface area contributed by atoms with Gasteiger partial charge in [-0.05, 0) is 13.0 Å². The average molecular weight is 193 g/mol. The van der Waals surface area contributed by atoms with Crippen molar-refractivity contribution in [2.24, 2.45) is 5.73 Å². The van der Waals surface area contributed by atoms with Crippen molar-refractivity contribution >= 4 is 18.6 Å². The van der Waals surface area contributed by atoms with Crippen LogP contribution in [0.2, 0.25) is 25.7 Å². The Bertz CT molecular complexity index is 73.3. The lowest BCUT2D eigenvalue weighted by atomic mass is 10.5. The van der Waals surface area contributed by atoms with Gasteiger partial charge in [0.1, 0.15) is 10.5 Å². The van der Waals surface area contributed by atoms with Crippen LogP contribution >= 0.6 is 0 Å². The minimum Gasteiger partial charge on any atom is -0.431 e. The maximum Gasteiger partial charge on any atom is 0.145 e. The summed E-state index contributed by atoms with van der Waals surface area (Å²) in [5, 5.41) is 0. The maximum atomic E-state index is 5.36. The molecule has 0 fully saturated rings. The van der Waals surface area contributed by atoms with Crippen LogP contribution in [0.3, 0.4) is 0 Å². The molecule has 0 aliphatic carbocycles. The van der Waals surface area contributed by atoms with Gasteiger partial charge < -0.3 is 10.2 Å². The van der Waals surface area contributed by atoms with Crippen molar-refractivity contribution in [3.05, 3.63) is 0 Å². The zero-order chi connectivity index (χ0) is 9.33. The van der Waals surface area contributed by atoms with E-state index in [0.717, 1.165) is 17.0 Å². The summed E-state index contributed by atoms with van der Waals surface area (Å²) in [6.45, 7) is 8.00. The molecule has 0 spiro atoms. The third-order valence-corrected chi connectivity index (χ3v) is 2.98. The van der Waals surface area contributed by atoms with Crippen LogP contribution in [0.4, 0.5) is 0 Å². The number of hydrogen-bond acceptors (Lipinski definition) is 2. The lowest BCUT2D eigenvalue weighted by molar-refractivity contribution is 0.460. The molecule has 4 heteroatoms. The first-order chi connectivity index (χ1) is 4.97. The van der Waals surface area contributed by atoms with Crippen LogP contribution in [0.1, 0.15) is 6.42 Å². The van der Waals surface area contributed by atoms with E-state index in [1.807, 2.05) is 0 Å². The highest BCUT2D eigenvalue weighted by molar-refractivity contribution is 6.76. The highest BCUT2D eigenvalue weighted by atomic mass is 28.3. The minimum absolute atomic E-state index is 0.758. The summed E-state index contributed by atoms with van der Waals surface area (Å²) in [5.74, 6) is 0. The largest absolute Gasteiger partial charge is 0.431 e. The Morgan fingerprint density at radius 1 is 1.36 bits per heavy atom. The van der Waals surface area contributed by atoms with Crippen molar-refractivity contribution in [3.63, 3.8) is 0 Å². The standard InChI is InChI=1S/C6H17NSi.CH6OSi/c1-8(2,3)6-4-5-7;1-2-3/h4-7H2,1-3H3;1,3H3. The Morgan fingerprint density at radius 2 is 1.73 bits per heavy atom. The van der Waals surface area contributed by atoms with E-state index in [0.29, 0.717) is 0 Å². The summed E-state index contributed by atoms with van der Waals surface area (Å²) in [6.07, 6.45) is 1.22. The molecule has 0 aromatic rings. The van der Waals surface area contributed by atoms with Crippen LogP contribution in [-0.2, 0) is 4.43 Å². The molecular weight excluding hydrogens is 170 g/mol. The van der Waals surface area contributed by atoms with Crippen molar-refractivity contribution in [1.29, 1.82) is 0 Å². The van der Waals surface area contributed by atoms with E-state index in [1.54, 1.807) is 7.11 Å². The van der Waals surface area contributed by atoms with Gasteiger partial charge in [-0.1, -0.05) is 25.7 Å². The normalized spacial score (nSPS) is 10.6. The fourth-order valence-corrected chi connectivity index (χ4v) is 1.90. The lowest BCUT2D eigenvalue weighted by Gasteiger charge is -2.13. The van der Waals surface area contributed by atoms with Gasteiger partial charge in [-0.2, -0.15) is 0 Å². The smallest absolute Gasteiger partial charge is 0.145 e. The fourth-order valence-electron chi connectivity index (χ4n) is 0.632. The summed E-state index contributed by atoms with van der Waals surface area (Å²) in [4.78, 5) is 0. The van der Waals surface area contributed by atoms with E-state index in [-0.39, 0.29) is 0 Å². The monoisotopic (exact) mass is 193 g/mol. The summed E-state index contributed by atoms with van der Waals surface area (Å²) in [7, 11) is 1.80. The average Bonchev–Trinajstić information content (AvgIpc) is 1.84. The molecule has 11 heavy (non-hydrogen) atoms. The van der Waals surface area contributed by atoms with Crippen LogP contribution in [0.5, 0.6) is 0 Å². The van der Waals surface area contributed by atoms with Crippen molar-refractivity contribution in [2.45, 2.75) is 32.1 Å². The van der Waals surface area contributed by atoms with E-state index in [2.05, 4.69) is 24.1 Å². The van der Waals surface area contributed by atoms with Gasteiger partial charge in [0, 0.05) is 15.2 Å². The first kappa shape index (κ1) is 13.9. The number of nitrogens with two attached hydrogens (primary N) is 1. The predicted molar refractivity (Wildman–Crippen MR) is 58.8 cm³/mol. The molecule has 0 aromatic heterocycles. The third-order valence-electron chi connectivity index (χ3n) is 1.13. The molecule has 0 atom stereocenters. The van der Waals surface area contributed by atoms with Crippen LogP contribution in [-0.4, -0.2) is 32.2 Å². The highest BCUT2D eigenvalue weighted by Crippen LogP contribution is 2.09. The van der Waals surface area contributed by atoms with E-state index < -0.39 is 8.07 Å². The first-order valence-electron chi connectivity index (χ1n) is 4.08. The van der Waals surface area contributed by atoms with Crippen LogP contribution in [0.25, 0.3) is 0 Å². The molecule has 0 saturated heterocycles. The molecule has 0 saturated carbocycles. The first-order valence-corrected chi connectivity index (χ1v) is 8.60. The molecule has 70 valence electrons. The molecule has 0 rings (SSSR count). The summed E-state index contributed by atoms with van der Waals surface area (Å²) >= 11 is 0. The molecule has 0 amide bonds. The van der Waals surface area contributed by atoms with E-state index in [9.17, 15) is 0 Å². The Balaban J connectivity index is 0. The molecule has 0 aliphatic heterocycles. The van der Waals surface area contributed by atoms with Crippen LogP contribution in [0.15, 0.2) is 0 Å². The van der Waals surface area contributed by atoms with Gasteiger partial charge in [0.25, 0.3) is 0 Å². The van der Waals surface area contributed by atoms with Gasteiger partial charge in [-0.3, -0.25) is 0 Å². The van der Waals surface area contributed by atoms with Crippen molar-refractivity contribution in [2.75, 3.05) is 13.7 Å². The molecule has 0 aliphatic rings. The Morgan fingerprint density at radius 3 is 1.82 bits per heavy atom. The second kappa shape index (κ2) is 8.45. The zero-order valence-corrected chi connectivity index (χ0v) is 11.6. The third kappa shape index (κ3) is 25.2.